The number of carbonyl (C=O) groups excluding carboxylic acids is 2. The third-order valence-electron chi connectivity index (χ3n) is 4.97. The molecule has 4 rings (SSSR count). The monoisotopic (exact) mass is 436 g/mol. The summed E-state index contributed by atoms with van der Waals surface area (Å²) in [6, 6.07) is 16.0. The molecule has 0 aromatic heterocycles. The SMILES string of the molecule is COc1ccc(NC2=C(c3ccccc3OC)C(=O)N(c3ccc(F)cc3F)C2=O)cc1. The van der Waals surface area contributed by atoms with E-state index in [0.717, 1.165) is 12.1 Å². The second kappa shape index (κ2) is 8.50. The van der Waals surface area contributed by atoms with Crippen molar-refractivity contribution in [3.63, 3.8) is 0 Å². The quantitative estimate of drug-likeness (QED) is 0.581. The topological polar surface area (TPSA) is 67.9 Å². The first-order valence-electron chi connectivity index (χ1n) is 9.57. The van der Waals surface area contributed by atoms with Crippen LogP contribution < -0.4 is 19.7 Å². The summed E-state index contributed by atoms with van der Waals surface area (Å²) in [5.74, 6) is -2.42. The zero-order chi connectivity index (χ0) is 22.8. The van der Waals surface area contributed by atoms with Gasteiger partial charge in [0.25, 0.3) is 11.8 Å². The predicted octanol–water partition coefficient (Wildman–Crippen LogP) is 4.38. The summed E-state index contributed by atoms with van der Waals surface area (Å²) in [7, 11) is 2.97. The van der Waals surface area contributed by atoms with Crippen molar-refractivity contribution >= 4 is 28.8 Å². The molecule has 0 saturated heterocycles. The Labute approximate surface area is 182 Å². The number of hydrogen-bond acceptors (Lipinski definition) is 5. The molecule has 0 fully saturated rings. The summed E-state index contributed by atoms with van der Waals surface area (Å²) in [6.45, 7) is 0. The van der Waals surface area contributed by atoms with E-state index in [-0.39, 0.29) is 17.0 Å². The molecule has 32 heavy (non-hydrogen) atoms. The summed E-state index contributed by atoms with van der Waals surface area (Å²) in [6.07, 6.45) is 0. The minimum absolute atomic E-state index is 0.00648. The molecule has 8 heteroatoms. The van der Waals surface area contributed by atoms with Crippen LogP contribution in [0.1, 0.15) is 5.56 Å². The van der Waals surface area contributed by atoms with Gasteiger partial charge in [-0.25, -0.2) is 13.7 Å². The van der Waals surface area contributed by atoms with Crippen molar-refractivity contribution in [2.45, 2.75) is 0 Å². The zero-order valence-corrected chi connectivity index (χ0v) is 17.2. The van der Waals surface area contributed by atoms with Crippen LogP contribution in [-0.2, 0) is 9.59 Å². The zero-order valence-electron chi connectivity index (χ0n) is 17.2. The molecular weight excluding hydrogens is 418 g/mol. The van der Waals surface area contributed by atoms with Crippen LogP contribution in [0.2, 0.25) is 0 Å². The number of nitrogens with zero attached hydrogens (tertiary/aromatic N) is 1. The van der Waals surface area contributed by atoms with E-state index in [1.165, 1.54) is 14.2 Å². The van der Waals surface area contributed by atoms with Crippen molar-refractivity contribution in [3.05, 3.63) is 89.6 Å². The highest BCUT2D eigenvalue weighted by atomic mass is 19.1. The molecule has 3 aromatic rings. The van der Waals surface area contributed by atoms with Gasteiger partial charge >= 0.3 is 0 Å². The van der Waals surface area contributed by atoms with Crippen LogP contribution in [0.15, 0.2) is 72.4 Å². The van der Waals surface area contributed by atoms with Crippen molar-refractivity contribution in [3.8, 4) is 11.5 Å². The highest BCUT2D eigenvalue weighted by Gasteiger charge is 2.42. The lowest BCUT2D eigenvalue weighted by molar-refractivity contribution is -0.120. The molecule has 1 aliphatic rings. The minimum atomic E-state index is -1.03. The number of rotatable bonds is 6. The maximum absolute atomic E-state index is 14.5. The molecule has 0 unspecified atom stereocenters. The lowest BCUT2D eigenvalue weighted by Crippen LogP contribution is -2.33. The molecule has 1 N–H and O–H groups in total. The molecule has 0 aliphatic carbocycles. The molecule has 162 valence electrons. The first-order chi connectivity index (χ1) is 15.4. The molecule has 2 amide bonds. The molecule has 0 saturated carbocycles. The second-order valence-corrected chi connectivity index (χ2v) is 6.85. The summed E-state index contributed by atoms with van der Waals surface area (Å²) in [4.78, 5) is 27.4. The Morgan fingerprint density at radius 2 is 1.56 bits per heavy atom. The van der Waals surface area contributed by atoms with E-state index >= 15 is 0 Å². The smallest absolute Gasteiger partial charge is 0.282 e. The number of amides is 2. The number of halogens is 2. The number of anilines is 2. The van der Waals surface area contributed by atoms with E-state index in [4.69, 9.17) is 9.47 Å². The molecule has 1 aliphatic heterocycles. The highest BCUT2D eigenvalue weighted by molar-refractivity contribution is 6.46. The standard InChI is InChI=1S/C24H18F2N2O4/c1-31-16-10-8-15(9-11-16)27-22-21(17-5-3-4-6-20(17)32-2)23(29)28(24(22)30)19-12-7-14(25)13-18(19)26/h3-13,27H,1-2H3. The molecule has 3 aromatic carbocycles. The Kier molecular flexibility index (Phi) is 5.59. The Bertz CT molecular complexity index is 1240. The first kappa shape index (κ1) is 21.0. The van der Waals surface area contributed by atoms with E-state index in [2.05, 4.69) is 5.32 Å². The van der Waals surface area contributed by atoms with Gasteiger partial charge in [0.1, 0.15) is 28.8 Å². The van der Waals surface area contributed by atoms with E-state index in [1.54, 1.807) is 48.5 Å². The van der Waals surface area contributed by atoms with Crippen LogP contribution in [0, 0.1) is 11.6 Å². The maximum Gasteiger partial charge on any atom is 0.282 e. The lowest BCUT2D eigenvalue weighted by atomic mass is 10.0. The van der Waals surface area contributed by atoms with Gasteiger partial charge < -0.3 is 14.8 Å². The number of ether oxygens (including phenoxy) is 2. The predicted molar refractivity (Wildman–Crippen MR) is 115 cm³/mol. The highest BCUT2D eigenvalue weighted by Crippen LogP contribution is 2.38. The summed E-state index contributed by atoms with van der Waals surface area (Å²) < 4.78 is 38.4. The first-order valence-corrected chi connectivity index (χ1v) is 9.57. The van der Waals surface area contributed by atoms with Gasteiger partial charge in [0.05, 0.1) is 25.5 Å². The Morgan fingerprint density at radius 1 is 0.844 bits per heavy atom. The van der Waals surface area contributed by atoms with Crippen molar-refractivity contribution in [1.82, 2.24) is 0 Å². The van der Waals surface area contributed by atoms with Crippen molar-refractivity contribution in [1.29, 1.82) is 0 Å². The van der Waals surface area contributed by atoms with Crippen molar-refractivity contribution in [2.75, 3.05) is 24.4 Å². The third kappa shape index (κ3) is 3.66. The molecule has 0 atom stereocenters. The third-order valence-corrected chi connectivity index (χ3v) is 4.97. The summed E-state index contributed by atoms with van der Waals surface area (Å²) >= 11 is 0. The number of para-hydroxylation sites is 1. The average molecular weight is 436 g/mol. The number of benzene rings is 3. The summed E-state index contributed by atoms with van der Waals surface area (Å²) in [5, 5.41) is 2.96. The van der Waals surface area contributed by atoms with Gasteiger partial charge in [-0.2, -0.15) is 0 Å². The van der Waals surface area contributed by atoms with Crippen LogP contribution in [0.4, 0.5) is 20.2 Å². The van der Waals surface area contributed by atoms with E-state index in [1.807, 2.05) is 0 Å². The molecular formula is C24H18F2N2O4. The van der Waals surface area contributed by atoms with Gasteiger partial charge in [0.2, 0.25) is 0 Å². The van der Waals surface area contributed by atoms with Crippen LogP contribution in [0.25, 0.3) is 5.57 Å². The normalized spacial score (nSPS) is 13.6. The fourth-order valence-corrected chi connectivity index (χ4v) is 3.45. The maximum atomic E-state index is 14.5. The second-order valence-electron chi connectivity index (χ2n) is 6.85. The van der Waals surface area contributed by atoms with Gasteiger partial charge in [0, 0.05) is 17.3 Å². The number of methoxy groups -OCH3 is 2. The van der Waals surface area contributed by atoms with Crippen molar-refractivity contribution < 1.29 is 27.8 Å². The average Bonchev–Trinajstić information content (AvgIpc) is 3.03. The van der Waals surface area contributed by atoms with Crippen LogP contribution in [-0.4, -0.2) is 26.0 Å². The lowest BCUT2D eigenvalue weighted by Gasteiger charge is -2.16. The van der Waals surface area contributed by atoms with E-state index < -0.39 is 23.4 Å². The number of imide groups is 1. The Morgan fingerprint density at radius 3 is 2.22 bits per heavy atom. The van der Waals surface area contributed by atoms with Crippen LogP contribution >= 0.6 is 0 Å². The number of carbonyl (C=O) groups is 2. The van der Waals surface area contributed by atoms with Gasteiger partial charge in [-0.15, -0.1) is 0 Å². The van der Waals surface area contributed by atoms with E-state index in [0.29, 0.717) is 33.7 Å². The molecule has 0 bridgehead atoms. The fraction of sp³-hybridized carbons (Fsp3) is 0.0833. The van der Waals surface area contributed by atoms with Gasteiger partial charge in [-0.1, -0.05) is 18.2 Å². The van der Waals surface area contributed by atoms with Crippen LogP contribution in [0.3, 0.4) is 0 Å². The van der Waals surface area contributed by atoms with Gasteiger partial charge in [-0.3, -0.25) is 9.59 Å². The van der Waals surface area contributed by atoms with E-state index in [9.17, 15) is 18.4 Å². The fourth-order valence-electron chi connectivity index (χ4n) is 3.45. The number of nitrogens with one attached hydrogen (secondary N) is 1. The van der Waals surface area contributed by atoms with Gasteiger partial charge in [-0.05, 0) is 42.5 Å². The molecule has 6 nitrogen and oxygen atoms in total. The van der Waals surface area contributed by atoms with Gasteiger partial charge in [0.15, 0.2) is 0 Å². The van der Waals surface area contributed by atoms with Crippen LogP contribution in [0.5, 0.6) is 11.5 Å². The molecule has 0 spiro atoms. The Balaban J connectivity index is 1.85. The summed E-state index contributed by atoms with van der Waals surface area (Å²) in [5.41, 5.74) is 0.464. The van der Waals surface area contributed by atoms with Crippen molar-refractivity contribution in [2.24, 2.45) is 0 Å². The molecule has 0 radical (unpaired) electrons. The number of hydrogen-bond donors (Lipinski definition) is 1. The largest absolute Gasteiger partial charge is 0.497 e. The molecule has 1 heterocycles. The minimum Gasteiger partial charge on any atom is -0.497 e. The Hall–Kier alpha value is -4.20.